The average molecular weight is 273 g/mol. The second-order valence-corrected chi connectivity index (χ2v) is 5.75. The maximum absolute atomic E-state index is 5.89. The first kappa shape index (κ1) is 13.6. The molecule has 108 valence electrons. The molecular formula is C16H23N3O. The lowest BCUT2D eigenvalue weighted by atomic mass is 9.80. The Morgan fingerprint density at radius 3 is 2.90 bits per heavy atom. The molecule has 2 unspecified atom stereocenters. The molecule has 2 N–H and O–H groups in total. The average Bonchev–Trinajstić information content (AvgIpc) is 2.90. The van der Waals surface area contributed by atoms with Gasteiger partial charge in [-0.1, -0.05) is 18.9 Å². The minimum absolute atomic E-state index is 0.593. The zero-order valence-electron chi connectivity index (χ0n) is 11.9. The molecule has 1 aliphatic carbocycles. The Balaban J connectivity index is 1.54. The van der Waals surface area contributed by atoms with Gasteiger partial charge in [-0.2, -0.15) is 0 Å². The standard InChI is InChI=1S/C16H23N3O/c17-9-13-5-1-2-6-14(13)11-20-12-15-10-19-8-4-3-7-16(19)18-15/h3-4,7-8,10,13-14H,1-2,5-6,9,11-12,17H2. The largest absolute Gasteiger partial charge is 0.375 e. The van der Waals surface area contributed by atoms with Crippen LogP contribution in [0.1, 0.15) is 31.4 Å². The fraction of sp³-hybridized carbons (Fsp3) is 0.562. The fourth-order valence-corrected chi connectivity index (χ4v) is 3.19. The predicted molar refractivity (Wildman–Crippen MR) is 79.4 cm³/mol. The van der Waals surface area contributed by atoms with Crippen molar-refractivity contribution in [2.45, 2.75) is 32.3 Å². The zero-order chi connectivity index (χ0) is 13.8. The Morgan fingerprint density at radius 1 is 1.25 bits per heavy atom. The Labute approximate surface area is 120 Å². The van der Waals surface area contributed by atoms with E-state index in [4.69, 9.17) is 10.5 Å². The Hall–Kier alpha value is -1.39. The van der Waals surface area contributed by atoms with E-state index in [2.05, 4.69) is 4.98 Å². The van der Waals surface area contributed by atoms with E-state index in [9.17, 15) is 0 Å². The van der Waals surface area contributed by atoms with Gasteiger partial charge in [0.05, 0.1) is 18.9 Å². The molecule has 1 aliphatic rings. The summed E-state index contributed by atoms with van der Waals surface area (Å²) in [6.45, 7) is 2.20. The first-order valence-electron chi connectivity index (χ1n) is 7.57. The number of nitrogens with zero attached hydrogens (tertiary/aromatic N) is 2. The molecular weight excluding hydrogens is 250 g/mol. The van der Waals surface area contributed by atoms with Crippen molar-refractivity contribution in [3.05, 3.63) is 36.3 Å². The third-order valence-corrected chi connectivity index (χ3v) is 4.36. The van der Waals surface area contributed by atoms with Crippen molar-refractivity contribution in [2.24, 2.45) is 17.6 Å². The van der Waals surface area contributed by atoms with Crippen LogP contribution in [0.5, 0.6) is 0 Å². The highest BCUT2D eigenvalue weighted by Crippen LogP contribution is 2.29. The molecule has 2 atom stereocenters. The Bertz CT molecular complexity index is 518. The van der Waals surface area contributed by atoms with Crippen LogP contribution in [0.15, 0.2) is 30.6 Å². The number of nitrogens with two attached hydrogens (primary N) is 1. The summed E-state index contributed by atoms with van der Waals surface area (Å²) in [4.78, 5) is 4.55. The third-order valence-electron chi connectivity index (χ3n) is 4.36. The third kappa shape index (κ3) is 3.02. The summed E-state index contributed by atoms with van der Waals surface area (Å²) in [6, 6.07) is 6.02. The monoisotopic (exact) mass is 273 g/mol. The summed E-state index contributed by atoms with van der Waals surface area (Å²) in [5.41, 5.74) is 7.83. The van der Waals surface area contributed by atoms with E-state index in [-0.39, 0.29) is 0 Å². The summed E-state index contributed by atoms with van der Waals surface area (Å²) in [7, 11) is 0. The molecule has 2 heterocycles. The van der Waals surface area contributed by atoms with Gasteiger partial charge in [-0.05, 0) is 43.4 Å². The van der Waals surface area contributed by atoms with Gasteiger partial charge in [0.1, 0.15) is 5.65 Å². The number of pyridine rings is 1. The quantitative estimate of drug-likeness (QED) is 0.911. The van der Waals surface area contributed by atoms with Crippen LogP contribution in [-0.2, 0) is 11.3 Å². The molecule has 4 heteroatoms. The van der Waals surface area contributed by atoms with Crippen molar-refractivity contribution >= 4 is 5.65 Å². The Morgan fingerprint density at radius 2 is 2.10 bits per heavy atom. The second kappa shape index (κ2) is 6.37. The predicted octanol–water partition coefficient (Wildman–Crippen LogP) is 2.62. The van der Waals surface area contributed by atoms with Gasteiger partial charge in [0.2, 0.25) is 0 Å². The summed E-state index contributed by atoms with van der Waals surface area (Å²) < 4.78 is 7.92. The molecule has 0 saturated heterocycles. The van der Waals surface area contributed by atoms with Gasteiger partial charge in [0.25, 0.3) is 0 Å². The molecule has 0 bridgehead atoms. The molecule has 3 rings (SSSR count). The fourth-order valence-electron chi connectivity index (χ4n) is 3.19. The molecule has 1 fully saturated rings. The van der Waals surface area contributed by atoms with Gasteiger partial charge in [-0.3, -0.25) is 0 Å². The lowest BCUT2D eigenvalue weighted by Crippen LogP contribution is -2.29. The van der Waals surface area contributed by atoms with E-state index in [1.165, 1.54) is 25.7 Å². The van der Waals surface area contributed by atoms with Crippen LogP contribution in [-0.4, -0.2) is 22.5 Å². The molecule has 0 amide bonds. The molecule has 2 aromatic heterocycles. The van der Waals surface area contributed by atoms with E-state index in [0.29, 0.717) is 18.4 Å². The molecule has 0 radical (unpaired) electrons. The Kier molecular flexibility index (Phi) is 4.33. The van der Waals surface area contributed by atoms with Crippen molar-refractivity contribution in [1.82, 2.24) is 9.38 Å². The van der Waals surface area contributed by atoms with Crippen molar-refractivity contribution < 1.29 is 4.74 Å². The van der Waals surface area contributed by atoms with Crippen LogP contribution < -0.4 is 5.73 Å². The molecule has 0 spiro atoms. The minimum atomic E-state index is 0.593. The van der Waals surface area contributed by atoms with Crippen molar-refractivity contribution in [3.8, 4) is 0 Å². The molecule has 1 saturated carbocycles. The molecule has 2 aromatic rings. The molecule has 0 aliphatic heterocycles. The van der Waals surface area contributed by atoms with E-state index in [1.54, 1.807) is 0 Å². The number of imidazole rings is 1. The van der Waals surface area contributed by atoms with E-state index in [1.807, 2.05) is 35.0 Å². The van der Waals surface area contributed by atoms with Gasteiger partial charge >= 0.3 is 0 Å². The van der Waals surface area contributed by atoms with Gasteiger partial charge in [-0.25, -0.2) is 4.98 Å². The molecule has 20 heavy (non-hydrogen) atoms. The summed E-state index contributed by atoms with van der Waals surface area (Å²) in [5, 5.41) is 0. The van der Waals surface area contributed by atoms with E-state index >= 15 is 0 Å². The molecule has 0 aromatic carbocycles. The van der Waals surface area contributed by atoms with Gasteiger partial charge in [0.15, 0.2) is 0 Å². The first-order chi connectivity index (χ1) is 9.86. The van der Waals surface area contributed by atoms with Crippen LogP contribution in [0.4, 0.5) is 0 Å². The van der Waals surface area contributed by atoms with E-state index in [0.717, 1.165) is 24.5 Å². The number of hydrogen-bond acceptors (Lipinski definition) is 3. The number of fused-ring (bicyclic) bond motifs is 1. The maximum Gasteiger partial charge on any atom is 0.137 e. The van der Waals surface area contributed by atoms with Crippen LogP contribution in [0.25, 0.3) is 5.65 Å². The van der Waals surface area contributed by atoms with Gasteiger partial charge < -0.3 is 14.9 Å². The first-order valence-corrected chi connectivity index (χ1v) is 7.57. The van der Waals surface area contributed by atoms with E-state index < -0.39 is 0 Å². The second-order valence-electron chi connectivity index (χ2n) is 5.75. The summed E-state index contributed by atoms with van der Waals surface area (Å²) >= 11 is 0. The van der Waals surface area contributed by atoms with Crippen LogP contribution in [0.3, 0.4) is 0 Å². The van der Waals surface area contributed by atoms with Crippen molar-refractivity contribution in [3.63, 3.8) is 0 Å². The highest BCUT2D eigenvalue weighted by atomic mass is 16.5. The topological polar surface area (TPSA) is 52.5 Å². The lowest BCUT2D eigenvalue weighted by molar-refractivity contribution is 0.0499. The van der Waals surface area contributed by atoms with Crippen LogP contribution in [0.2, 0.25) is 0 Å². The van der Waals surface area contributed by atoms with Crippen molar-refractivity contribution in [1.29, 1.82) is 0 Å². The number of ether oxygens (including phenoxy) is 1. The molecule has 4 nitrogen and oxygen atoms in total. The highest BCUT2D eigenvalue weighted by molar-refractivity contribution is 5.39. The summed E-state index contributed by atoms with van der Waals surface area (Å²) in [5.74, 6) is 1.27. The lowest BCUT2D eigenvalue weighted by Gasteiger charge is -2.30. The number of aromatic nitrogens is 2. The zero-order valence-corrected chi connectivity index (χ0v) is 11.9. The number of rotatable bonds is 5. The summed E-state index contributed by atoms with van der Waals surface area (Å²) in [6.07, 6.45) is 9.21. The number of hydrogen-bond donors (Lipinski definition) is 1. The normalized spacial score (nSPS) is 23.2. The highest BCUT2D eigenvalue weighted by Gasteiger charge is 2.23. The van der Waals surface area contributed by atoms with Gasteiger partial charge in [0, 0.05) is 12.4 Å². The SMILES string of the molecule is NCC1CCCCC1COCc1cn2ccccc2n1. The van der Waals surface area contributed by atoms with Crippen molar-refractivity contribution in [2.75, 3.05) is 13.2 Å². The van der Waals surface area contributed by atoms with Gasteiger partial charge in [-0.15, -0.1) is 0 Å². The van der Waals surface area contributed by atoms with Crippen LogP contribution in [0, 0.1) is 11.8 Å². The minimum Gasteiger partial charge on any atom is -0.375 e. The van der Waals surface area contributed by atoms with Crippen LogP contribution >= 0.6 is 0 Å². The smallest absolute Gasteiger partial charge is 0.137 e. The maximum atomic E-state index is 5.89.